The van der Waals surface area contributed by atoms with Crippen molar-refractivity contribution in [1.29, 1.82) is 0 Å². The number of urea groups is 1. The Balaban J connectivity index is 2.00. The summed E-state index contributed by atoms with van der Waals surface area (Å²) in [5, 5.41) is 5.29. The van der Waals surface area contributed by atoms with Crippen LogP contribution < -0.4 is 21.1 Å². The molecule has 2 aromatic rings. The van der Waals surface area contributed by atoms with Gasteiger partial charge in [0.05, 0.1) is 17.6 Å². The minimum absolute atomic E-state index is 0.418. The molecule has 0 aliphatic heterocycles. The van der Waals surface area contributed by atoms with E-state index in [1.165, 1.54) is 0 Å². The quantitative estimate of drug-likeness (QED) is 0.644. The van der Waals surface area contributed by atoms with Crippen molar-refractivity contribution in [2.75, 3.05) is 27.3 Å². The number of hydrogen-bond acceptors (Lipinski definition) is 4. The summed E-state index contributed by atoms with van der Waals surface area (Å²) in [4.78, 5) is 11.9. The average molecular weight is 334 g/mol. The van der Waals surface area contributed by atoms with Gasteiger partial charge in [-0.25, -0.2) is 13.2 Å². The van der Waals surface area contributed by atoms with Gasteiger partial charge in [0.1, 0.15) is 0 Å². The predicted molar refractivity (Wildman–Crippen MR) is 93.1 cm³/mol. The molecule has 2 amide bonds. The van der Waals surface area contributed by atoms with Gasteiger partial charge in [0, 0.05) is 11.4 Å². The predicted octanol–water partition coefficient (Wildman–Crippen LogP) is 2.59. The van der Waals surface area contributed by atoms with Crippen molar-refractivity contribution >= 4 is 38.8 Å². The highest BCUT2D eigenvalue weighted by Gasteiger charge is 2.06. The Morgan fingerprint density at radius 3 is 2.17 bits per heavy atom. The number of anilines is 4. The van der Waals surface area contributed by atoms with E-state index in [4.69, 9.17) is 5.73 Å². The normalized spacial score (nSPS) is 10.9. The number of carbonyl (C=O) groups is 1. The second-order valence-electron chi connectivity index (χ2n) is 5.12. The molecule has 0 saturated heterocycles. The SMILES string of the molecule is Cc1ccc(NC(=O)Nc2ccc(NS(C)(=O)=O)cc2)c(N)c1. The van der Waals surface area contributed by atoms with Crippen LogP contribution >= 0.6 is 0 Å². The van der Waals surface area contributed by atoms with Crippen molar-refractivity contribution in [3.63, 3.8) is 0 Å². The lowest BCUT2D eigenvalue weighted by molar-refractivity contribution is 0.262. The molecule has 0 spiro atoms. The van der Waals surface area contributed by atoms with Gasteiger partial charge in [0.2, 0.25) is 10.0 Å². The van der Waals surface area contributed by atoms with E-state index in [1.54, 1.807) is 36.4 Å². The number of nitrogen functional groups attached to an aromatic ring is 1. The third kappa shape index (κ3) is 5.19. The van der Waals surface area contributed by atoms with E-state index in [-0.39, 0.29) is 0 Å². The molecule has 0 unspecified atom stereocenters. The summed E-state index contributed by atoms with van der Waals surface area (Å²) in [5.41, 5.74) is 8.77. The van der Waals surface area contributed by atoms with Crippen LogP contribution in [0, 0.1) is 6.92 Å². The maximum atomic E-state index is 11.9. The third-order valence-electron chi connectivity index (χ3n) is 2.90. The van der Waals surface area contributed by atoms with E-state index < -0.39 is 16.1 Å². The molecule has 23 heavy (non-hydrogen) atoms. The van der Waals surface area contributed by atoms with Gasteiger partial charge in [-0.1, -0.05) is 6.07 Å². The molecule has 7 nitrogen and oxygen atoms in total. The smallest absolute Gasteiger partial charge is 0.323 e. The molecule has 0 atom stereocenters. The van der Waals surface area contributed by atoms with Crippen molar-refractivity contribution in [2.45, 2.75) is 6.92 Å². The molecule has 0 heterocycles. The highest BCUT2D eigenvalue weighted by atomic mass is 32.2. The number of amides is 2. The molecule has 2 aromatic carbocycles. The molecule has 0 fully saturated rings. The van der Waals surface area contributed by atoms with Crippen LogP contribution in [0.15, 0.2) is 42.5 Å². The van der Waals surface area contributed by atoms with Crippen molar-refractivity contribution in [3.8, 4) is 0 Å². The van der Waals surface area contributed by atoms with Crippen LogP contribution in [0.3, 0.4) is 0 Å². The Labute approximate surface area is 134 Å². The number of benzene rings is 2. The fourth-order valence-electron chi connectivity index (χ4n) is 1.92. The zero-order valence-corrected chi connectivity index (χ0v) is 13.6. The van der Waals surface area contributed by atoms with Crippen molar-refractivity contribution in [1.82, 2.24) is 0 Å². The molecule has 0 aliphatic carbocycles. The number of carbonyl (C=O) groups excluding carboxylic acids is 1. The highest BCUT2D eigenvalue weighted by Crippen LogP contribution is 2.20. The molecular weight excluding hydrogens is 316 g/mol. The Morgan fingerprint density at radius 2 is 1.61 bits per heavy atom. The van der Waals surface area contributed by atoms with Crippen LogP contribution in [0.2, 0.25) is 0 Å². The zero-order valence-electron chi connectivity index (χ0n) is 12.8. The van der Waals surface area contributed by atoms with Crippen LogP contribution in [-0.2, 0) is 10.0 Å². The van der Waals surface area contributed by atoms with Gasteiger partial charge in [-0.05, 0) is 48.9 Å². The fourth-order valence-corrected chi connectivity index (χ4v) is 2.48. The number of rotatable bonds is 4. The summed E-state index contributed by atoms with van der Waals surface area (Å²) >= 11 is 0. The lowest BCUT2D eigenvalue weighted by Gasteiger charge is -2.11. The summed E-state index contributed by atoms with van der Waals surface area (Å²) in [6, 6.07) is 11.2. The maximum absolute atomic E-state index is 11.9. The summed E-state index contributed by atoms with van der Waals surface area (Å²) in [6.45, 7) is 1.91. The number of aryl methyl sites for hydroxylation is 1. The molecule has 8 heteroatoms. The molecule has 0 saturated carbocycles. The fraction of sp³-hybridized carbons (Fsp3) is 0.133. The highest BCUT2D eigenvalue weighted by molar-refractivity contribution is 7.92. The molecule has 0 aromatic heterocycles. The van der Waals surface area contributed by atoms with Crippen LogP contribution in [0.4, 0.5) is 27.5 Å². The molecule has 0 bridgehead atoms. The standard InChI is InChI=1S/C15H18N4O3S/c1-10-3-8-14(13(16)9-10)18-15(20)17-11-4-6-12(7-5-11)19-23(2,21)22/h3-9,19H,16H2,1-2H3,(H2,17,18,20). The molecule has 5 N–H and O–H groups in total. The van der Waals surface area contributed by atoms with E-state index in [2.05, 4.69) is 15.4 Å². The summed E-state index contributed by atoms with van der Waals surface area (Å²) in [6.07, 6.45) is 1.07. The zero-order chi connectivity index (χ0) is 17.0. The monoisotopic (exact) mass is 334 g/mol. The second-order valence-corrected chi connectivity index (χ2v) is 6.87. The Morgan fingerprint density at radius 1 is 1.00 bits per heavy atom. The van der Waals surface area contributed by atoms with E-state index in [1.807, 2.05) is 13.0 Å². The Bertz CT molecular complexity index is 817. The van der Waals surface area contributed by atoms with Crippen LogP contribution in [0.25, 0.3) is 0 Å². The van der Waals surface area contributed by atoms with Gasteiger partial charge in [0.15, 0.2) is 0 Å². The van der Waals surface area contributed by atoms with Crippen LogP contribution in [0.5, 0.6) is 0 Å². The summed E-state index contributed by atoms with van der Waals surface area (Å²) in [5.74, 6) is 0. The lowest BCUT2D eigenvalue weighted by Crippen LogP contribution is -2.20. The van der Waals surface area contributed by atoms with Crippen LogP contribution in [0.1, 0.15) is 5.56 Å². The Kier molecular flexibility index (Phi) is 4.75. The first-order valence-electron chi connectivity index (χ1n) is 6.75. The molecular formula is C15H18N4O3S. The molecule has 2 rings (SSSR count). The second kappa shape index (κ2) is 6.57. The summed E-state index contributed by atoms with van der Waals surface area (Å²) < 4.78 is 24.6. The van der Waals surface area contributed by atoms with Gasteiger partial charge < -0.3 is 16.4 Å². The van der Waals surface area contributed by atoms with Gasteiger partial charge in [-0.15, -0.1) is 0 Å². The first-order valence-corrected chi connectivity index (χ1v) is 8.64. The first-order chi connectivity index (χ1) is 10.7. The van der Waals surface area contributed by atoms with E-state index in [9.17, 15) is 13.2 Å². The first kappa shape index (κ1) is 16.6. The van der Waals surface area contributed by atoms with Crippen molar-refractivity contribution < 1.29 is 13.2 Å². The average Bonchev–Trinajstić information content (AvgIpc) is 2.42. The topological polar surface area (TPSA) is 113 Å². The van der Waals surface area contributed by atoms with Gasteiger partial charge in [-0.3, -0.25) is 4.72 Å². The van der Waals surface area contributed by atoms with Gasteiger partial charge >= 0.3 is 6.03 Å². The molecule has 0 radical (unpaired) electrons. The number of nitrogens with two attached hydrogens (primary N) is 1. The third-order valence-corrected chi connectivity index (χ3v) is 3.51. The largest absolute Gasteiger partial charge is 0.397 e. The van der Waals surface area contributed by atoms with E-state index in [0.717, 1.165) is 11.8 Å². The molecule has 122 valence electrons. The minimum atomic E-state index is -3.33. The van der Waals surface area contributed by atoms with Crippen molar-refractivity contribution in [2.24, 2.45) is 0 Å². The summed E-state index contributed by atoms with van der Waals surface area (Å²) in [7, 11) is -3.33. The molecule has 0 aliphatic rings. The Hall–Kier alpha value is -2.74. The number of nitrogens with one attached hydrogen (secondary N) is 3. The lowest BCUT2D eigenvalue weighted by atomic mass is 10.2. The van der Waals surface area contributed by atoms with Gasteiger partial charge in [0.25, 0.3) is 0 Å². The van der Waals surface area contributed by atoms with Crippen molar-refractivity contribution in [3.05, 3.63) is 48.0 Å². The van der Waals surface area contributed by atoms with Crippen LogP contribution in [-0.4, -0.2) is 20.7 Å². The van der Waals surface area contributed by atoms with E-state index in [0.29, 0.717) is 22.7 Å². The number of hydrogen-bond donors (Lipinski definition) is 4. The minimum Gasteiger partial charge on any atom is -0.397 e. The number of sulfonamides is 1. The maximum Gasteiger partial charge on any atom is 0.323 e. The van der Waals surface area contributed by atoms with E-state index >= 15 is 0 Å². The van der Waals surface area contributed by atoms with Gasteiger partial charge in [-0.2, -0.15) is 0 Å².